The fourth-order valence-corrected chi connectivity index (χ4v) is 4.96. The molecule has 0 saturated carbocycles. The molecule has 1 amide bonds. The Morgan fingerprint density at radius 3 is 2.74 bits per heavy atom. The summed E-state index contributed by atoms with van der Waals surface area (Å²) in [6.45, 7) is 5.91. The number of ether oxygens (including phenoxy) is 1. The number of aliphatic hydroxyl groups excluding tert-OH is 1. The number of nitrogens with zero attached hydrogens (tertiary/aromatic N) is 3. The number of carbonyl (C=O) groups excluding carboxylic acids is 1. The van der Waals surface area contributed by atoms with E-state index in [9.17, 15) is 14.7 Å². The molecule has 11 heteroatoms. The van der Waals surface area contributed by atoms with E-state index in [4.69, 9.17) is 4.74 Å². The topological polar surface area (TPSA) is 122 Å². The number of amides is 1. The quantitative estimate of drug-likeness (QED) is 0.420. The number of nitrogens with one attached hydrogen (secondary N) is 2. The Labute approximate surface area is 199 Å². The molecule has 2 atom stereocenters. The van der Waals surface area contributed by atoms with E-state index >= 15 is 4.39 Å². The van der Waals surface area contributed by atoms with Crippen LogP contribution in [0.25, 0.3) is 11.3 Å². The average molecular weight is 488 g/mol. The Bertz CT molecular complexity index is 1290. The van der Waals surface area contributed by atoms with Crippen LogP contribution in [-0.4, -0.2) is 37.8 Å². The number of hydrogen-bond acceptors (Lipinski definition) is 7. The van der Waals surface area contributed by atoms with Gasteiger partial charge < -0.3 is 15.2 Å². The monoisotopic (exact) mass is 487 g/mol. The molecule has 1 aliphatic heterocycles. The van der Waals surface area contributed by atoms with Gasteiger partial charge in [-0.1, -0.05) is 19.4 Å². The number of thiophene rings is 1. The number of H-pyrrole nitrogens is 1. The summed E-state index contributed by atoms with van der Waals surface area (Å²) in [5, 5.41) is 22.2. The molecule has 9 nitrogen and oxygen atoms in total. The molecule has 34 heavy (non-hydrogen) atoms. The summed E-state index contributed by atoms with van der Waals surface area (Å²) < 4.78 is 21.7. The zero-order chi connectivity index (χ0) is 24.5. The van der Waals surface area contributed by atoms with E-state index in [0.29, 0.717) is 33.2 Å². The molecule has 4 rings (SSSR count). The SMILES string of the molecule is CCCCOc1ccc([C@]2(C)CC(c3ccc(C(C)O)s3)=C(n3nn[nH]c3=O)C(=O)N2)c(F)c1. The minimum Gasteiger partial charge on any atom is -0.493 e. The second kappa shape index (κ2) is 9.51. The highest BCUT2D eigenvalue weighted by molar-refractivity contribution is 7.13. The first kappa shape index (κ1) is 23.8. The van der Waals surface area contributed by atoms with Crippen LogP contribution >= 0.6 is 11.3 Å². The number of tetrazole rings is 1. The zero-order valence-corrected chi connectivity index (χ0v) is 19.9. The summed E-state index contributed by atoms with van der Waals surface area (Å²) in [7, 11) is 0. The lowest BCUT2D eigenvalue weighted by atomic mass is 9.81. The smallest absolute Gasteiger partial charge is 0.366 e. The summed E-state index contributed by atoms with van der Waals surface area (Å²) in [5.41, 5.74) is -0.972. The number of unbranched alkanes of at least 4 members (excludes halogenated alkanes) is 1. The predicted octanol–water partition coefficient (Wildman–Crippen LogP) is 3.20. The normalized spacial score (nSPS) is 19.3. The third-order valence-electron chi connectivity index (χ3n) is 5.74. The second-order valence-corrected chi connectivity index (χ2v) is 9.55. The van der Waals surface area contributed by atoms with E-state index in [1.165, 1.54) is 17.4 Å². The fraction of sp³-hybridized carbons (Fsp3) is 0.391. The van der Waals surface area contributed by atoms with Crippen LogP contribution < -0.4 is 15.7 Å². The van der Waals surface area contributed by atoms with Crippen molar-refractivity contribution in [2.75, 3.05) is 6.61 Å². The summed E-state index contributed by atoms with van der Waals surface area (Å²) in [5.74, 6) is -0.672. The summed E-state index contributed by atoms with van der Waals surface area (Å²) >= 11 is 1.29. The van der Waals surface area contributed by atoms with Crippen LogP contribution in [0.3, 0.4) is 0 Å². The van der Waals surface area contributed by atoms with Crippen molar-refractivity contribution in [3.8, 4) is 5.75 Å². The molecule has 1 unspecified atom stereocenters. The summed E-state index contributed by atoms with van der Waals surface area (Å²) in [4.78, 5) is 26.9. The van der Waals surface area contributed by atoms with Gasteiger partial charge in [0.25, 0.3) is 5.91 Å². The third kappa shape index (κ3) is 4.53. The lowest BCUT2D eigenvalue weighted by molar-refractivity contribution is -0.118. The number of carbonyl (C=O) groups is 1. The number of aromatic amines is 1. The Kier molecular flexibility index (Phi) is 6.67. The molecule has 1 aromatic carbocycles. The molecule has 3 N–H and O–H groups in total. The fourth-order valence-electron chi connectivity index (χ4n) is 3.97. The van der Waals surface area contributed by atoms with Crippen LogP contribution in [0, 0.1) is 5.82 Å². The van der Waals surface area contributed by atoms with Crippen molar-refractivity contribution in [2.45, 2.75) is 51.7 Å². The van der Waals surface area contributed by atoms with E-state index in [1.54, 1.807) is 38.1 Å². The third-order valence-corrected chi connectivity index (χ3v) is 7.06. The average Bonchev–Trinajstić information content (AvgIpc) is 3.43. The van der Waals surface area contributed by atoms with Gasteiger partial charge in [-0.2, -0.15) is 4.68 Å². The Morgan fingerprint density at radius 2 is 2.12 bits per heavy atom. The largest absolute Gasteiger partial charge is 0.493 e. The first-order valence-electron chi connectivity index (χ1n) is 11.0. The van der Waals surface area contributed by atoms with Gasteiger partial charge in [0.05, 0.1) is 18.2 Å². The number of halogens is 1. The molecule has 180 valence electrons. The molecule has 0 fully saturated rings. The molecule has 0 bridgehead atoms. The molecule has 0 aliphatic carbocycles. The molecule has 0 radical (unpaired) electrons. The molecule has 1 aliphatic rings. The van der Waals surface area contributed by atoms with Crippen molar-refractivity contribution >= 4 is 28.5 Å². The van der Waals surface area contributed by atoms with Gasteiger partial charge in [-0.05, 0) is 48.9 Å². The van der Waals surface area contributed by atoms with Crippen molar-refractivity contribution in [1.29, 1.82) is 0 Å². The van der Waals surface area contributed by atoms with Gasteiger partial charge >= 0.3 is 5.69 Å². The number of aliphatic hydroxyl groups is 1. The summed E-state index contributed by atoms with van der Waals surface area (Å²) in [6, 6.07) is 8.14. The Hall–Kier alpha value is -3.31. The van der Waals surface area contributed by atoms with Crippen LogP contribution in [0.5, 0.6) is 5.75 Å². The highest BCUT2D eigenvalue weighted by Crippen LogP contribution is 2.43. The lowest BCUT2D eigenvalue weighted by Crippen LogP contribution is -2.49. The van der Waals surface area contributed by atoms with Crippen LogP contribution in [-0.2, 0) is 10.3 Å². The van der Waals surface area contributed by atoms with Crippen LogP contribution in [0.1, 0.15) is 61.5 Å². The maximum Gasteiger partial charge on any atom is 0.366 e. The maximum absolute atomic E-state index is 15.2. The Balaban J connectivity index is 1.78. The predicted molar refractivity (Wildman–Crippen MR) is 126 cm³/mol. The minimum atomic E-state index is -1.11. The minimum absolute atomic E-state index is 0.00939. The van der Waals surface area contributed by atoms with Crippen LogP contribution in [0.15, 0.2) is 35.1 Å². The van der Waals surface area contributed by atoms with Gasteiger partial charge in [0.15, 0.2) is 0 Å². The maximum atomic E-state index is 15.2. The highest BCUT2D eigenvalue weighted by atomic mass is 32.1. The second-order valence-electron chi connectivity index (χ2n) is 8.43. The van der Waals surface area contributed by atoms with Crippen molar-refractivity contribution < 1.29 is 19.0 Å². The Morgan fingerprint density at radius 1 is 1.32 bits per heavy atom. The van der Waals surface area contributed by atoms with Crippen molar-refractivity contribution in [3.05, 3.63) is 62.0 Å². The molecule has 2 aromatic heterocycles. The van der Waals surface area contributed by atoms with Gasteiger partial charge in [0, 0.05) is 33.4 Å². The van der Waals surface area contributed by atoms with Crippen molar-refractivity contribution in [1.82, 2.24) is 25.5 Å². The molecular formula is C23H26FN5O4S. The van der Waals surface area contributed by atoms with E-state index < -0.39 is 29.1 Å². The van der Waals surface area contributed by atoms with Gasteiger partial charge in [-0.25, -0.2) is 14.3 Å². The van der Waals surface area contributed by atoms with Crippen LogP contribution in [0.2, 0.25) is 0 Å². The van der Waals surface area contributed by atoms with Gasteiger partial charge in [0.1, 0.15) is 17.3 Å². The van der Waals surface area contributed by atoms with Gasteiger partial charge in [-0.3, -0.25) is 4.79 Å². The first-order valence-corrected chi connectivity index (χ1v) is 11.8. The number of hydrogen-bond donors (Lipinski definition) is 3. The first-order chi connectivity index (χ1) is 16.2. The van der Waals surface area contributed by atoms with Gasteiger partial charge in [0.2, 0.25) is 0 Å². The van der Waals surface area contributed by atoms with Crippen molar-refractivity contribution in [3.63, 3.8) is 0 Å². The van der Waals surface area contributed by atoms with E-state index in [2.05, 4.69) is 20.8 Å². The number of benzene rings is 1. The van der Waals surface area contributed by atoms with Gasteiger partial charge in [-0.15, -0.1) is 11.3 Å². The molecular weight excluding hydrogens is 461 g/mol. The standard InChI is InChI=1S/C23H26FN5O4S/c1-4-5-10-33-14-6-7-16(17(24)11-14)23(3)12-15(19-9-8-18(34-19)13(2)30)20(21(31)25-23)29-22(32)26-27-28-29/h6-9,11,13,30H,4-5,10,12H2,1-3H3,(H,25,31)(H,26,28,32)/t13?,23-/m0/s1. The van der Waals surface area contributed by atoms with E-state index in [1.807, 2.05) is 6.92 Å². The summed E-state index contributed by atoms with van der Waals surface area (Å²) in [6.07, 6.45) is 1.32. The van der Waals surface area contributed by atoms with E-state index in [0.717, 1.165) is 17.5 Å². The number of aromatic nitrogens is 4. The zero-order valence-electron chi connectivity index (χ0n) is 19.1. The van der Waals surface area contributed by atoms with E-state index in [-0.39, 0.29) is 12.1 Å². The molecule has 0 spiro atoms. The highest BCUT2D eigenvalue weighted by Gasteiger charge is 2.41. The van der Waals surface area contributed by atoms with Crippen LogP contribution in [0.4, 0.5) is 4.39 Å². The molecule has 0 saturated heterocycles. The molecule has 3 heterocycles. The number of rotatable bonds is 8. The molecule has 3 aromatic rings. The van der Waals surface area contributed by atoms with Crippen molar-refractivity contribution in [2.24, 2.45) is 0 Å². The lowest BCUT2D eigenvalue weighted by Gasteiger charge is -2.37.